The summed E-state index contributed by atoms with van der Waals surface area (Å²) < 4.78 is 0. The fourth-order valence-electron chi connectivity index (χ4n) is 2.39. The van der Waals surface area contributed by atoms with Crippen molar-refractivity contribution in [3.8, 4) is 0 Å². The summed E-state index contributed by atoms with van der Waals surface area (Å²) in [5, 5.41) is 2.84. The Kier molecular flexibility index (Phi) is 9.62. The van der Waals surface area contributed by atoms with E-state index in [0.29, 0.717) is 6.54 Å². The van der Waals surface area contributed by atoms with Gasteiger partial charge in [0.25, 0.3) is 0 Å². The molecule has 1 unspecified atom stereocenters. The maximum absolute atomic E-state index is 11.4. The summed E-state index contributed by atoms with van der Waals surface area (Å²) in [7, 11) is 0. The van der Waals surface area contributed by atoms with E-state index in [1.54, 1.807) is 6.92 Å². The molecular weight excluding hydrogens is 309 g/mol. The number of benzene rings is 1. The van der Waals surface area contributed by atoms with Crippen molar-refractivity contribution < 1.29 is 4.79 Å². The van der Waals surface area contributed by atoms with E-state index in [0.717, 1.165) is 12.1 Å². The van der Waals surface area contributed by atoms with E-state index in [9.17, 15) is 4.79 Å². The number of carbonyl (C=O) groups excluding carboxylic acids is 1. The van der Waals surface area contributed by atoms with Crippen LogP contribution in [0.4, 0.5) is 0 Å². The molecule has 1 atom stereocenters. The maximum Gasteiger partial charge on any atom is 0.236 e. The number of rotatable bonds is 5. The molecule has 6 heteroatoms. The second kappa shape index (κ2) is 10.0. The van der Waals surface area contributed by atoms with Crippen molar-refractivity contribution in [2.24, 2.45) is 5.73 Å². The Morgan fingerprint density at radius 1 is 1.29 bits per heavy atom. The molecule has 1 aromatic carbocycles. The fourth-order valence-corrected chi connectivity index (χ4v) is 2.39. The van der Waals surface area contributed by atoms with Crippen LogP contribution < -0.4 is 11.1 Å². The van der Waals surface area contributed by atoms with Crippen LogP contribution in [-0.2, 0) is 17.9 Å². The number of hydrogen-bond acceptors (Lipinski definition) is 3. The van der Waals surface area contributed by atoms with E-state index in [-0.39, 0.29) is 30.7 Å². The summed E-state index contributed by atoms with van der Waals surface area (Å²) in [6.07, 6.45) is 2.62. The lowest BCUT2D eigenvalue weighted by Gasteiger charge is -2.15. The summed E-state index contributed by atoms with van der Waals surface area (Å²) in [5.74, 6) is -0.107. The lowest BCUT2D eigenvalue weighted by molar-refractivity contribution is -0.122. The van der Waals surface area contributed by atoms with Crippen LogP contribution in [0.1, 0.15) is 30.9 Å². The maximum atomic E-state index is 11.4. The second-order valence-corrected chi connectivity index (χ2v) is 5.31. The van der Waals surface area contributed by atoms with Gasteiger partial charge in [-0.05, 0) is 44.0 Å². The van der Waals surface area contributed by atoms with Crippen molar-refractivity contribution in [1.29, 1.82) is 0 Å². The van der Waals surface area contributed by atoms with Crippen LogP contribution >= 0.6 is 24.8 Å². The number of likely N-dealkylation sites (tertiary alicyclic amines) is 1. The van der Waals surface area contributed by atoms with E-state index in [1.807, 2.05) is 6.07 Å². The van der Waals surface area contributed by atoms with Gasteiger partial charge in [-0.2, -0.15) is 0 Å². The van der Waals surface area contributed by atoms with Gasteiger partial charge in [-0.1, -0.05) is 24.3 Å². The van der Waals surface area contributed by atoms with E-state index in [4.69, 9.17) is 5.73 Å². The molecule has 0 aromatic heterocycles. The Morgan fingerprint density at radius 3 is 2.52 bits per heavy atom. The van der Waals surface area contributed by atoms with Crippen LogP contribution in [0.25, 0.3) is 0 Å². The normalized spacial score (nSPS) is 15.7. The van der Waals surface area contributed by atoms with Gasteiger partial charge in [0, 0.05) is 13.1 Å². The molecule has 1 fully saturated rings. The zero-order valence-corrected chi connectivity index (χ0v) is 14.0. The minimum Gasteiger partial charge on any atom is -0.351 e. The molecular formula is C15H25Cl2N3O. The lowest BCUT2D eigenvalue weighted by atomic mass is 10.1. The SMILES string of the molecule is CC(N)C(=O)NCc1cccc(CN2CCCC2)c1.Cl.Cl. The molecule has 120 valence electrons. The highest BCUT2D eigenvalue weighted by Gasteiger charge is 2.12. The number of hydrogen-bond donors (Lipinski definition) is 2. The van der Waals surface area contributed by atoms with Gasteiger partial charge < -0.3 is 11.1 Å². The van der Waals surface area contributed by atoms with Crippen molar-refractivity contribution in [2.75, 3.05) is 13.1 Å². The molecule has 2 rings (SSSR count). The third-order valence-corrected chi connectivity index (χ3v) is 3.48. The zero-order valence-electron chi connectivity index (χ0n) is 12.4. The Bertz CT molecular complexity index is 435. The Labute approximate surface area is 139 Å². The first-order valence-electron chi connectivity index (χ1n) is 6.98. The third kappa shape index (κ3) is 6.66. The number of amides is 1. The minimum absolute atomic E-state index is 0. The molecule has 21 heavy (non-hydrogen) atoms. The van der Waals surface area contributed by atoms with Gasteiger partial charge in [-0.15, -0.1) is 24.8 Å². The van der Waals surface area contributed by atoms with Crippen molar-refractivity contribution in [1.82, 2.24) is 10.2 Å². The van der Waals surface area contributed by atoms with Gasteiger partial charge in [0.1, 0.15) is 0 Å². The highest BCUT2D eigenvalue weighted by molar-refractivity contribution is 5.85. The standard InChI is InChI=1S/C15H23N3O.2ClH/c1-12(16)15(19)17-10-13-5-4-6-14(9-13)11-18-7-2-3-8-18;;/h4-6,9,12H,2-3,7-8,10-11,16H2,1H3,(H,17,19);2*1H. The Hall–Kier alpha value is -0.810. The number of halogens is 2. The summed E-state index contributed by atoms with van der Waals surface area (Å²) in [6, 6.07) is 7.95. The number of nitrogens with one attached hydrogen (secondary N) is 1. The average Bonchev–Trinajstić information content (AvgIpc) is 2.89. The van der Waals surface area contributed by atoms with Crippen LogP contribution in [0.3, 0.4) is 0 Å². The molecule has 1 heterocycles. The van der Waals surface area contributed by atoms with Crippen LogP contribution in [0, 0.1) is 0 Å². The predicted molar refractivity (Wildman–Crippen MR) is 90.9 cm³/mol. The smallest absolute Gasteiger partial charge is 0.236 e. The van der Waals surface area contributed by atoms with E-state index < -0.39 is 6.04 Å². The highest BCUT2D eigenvalue weighted by atomic mass is 35.5. The first-order valence-corrected chi connectivity index (χ1v) is 6.98. The van der Waals surface area contributed by atoms with Gasteiger partial charge in [0.2, 0.25) is 5.91 Å². The molecule has 0 aliphatic carbocycles. The van der Waals surface area contributed by atoms with Gasteiger partial charge in [-0.3, -0.25) is 9.69 Å². The summed E-state index contributed by atoms with van der Waals surface area (Å²) in [4.78, 5) is 13.9. The number of nitrogens with zero attached hydrogens (tertiary/aromatic N) is 1. The molecule has 1 aromatic rings. The molecule has 1 aliphatic rings. The highest BCUT2D eigenvalue weighted by Crippen LogP contribution is 2.13. The number of nitrogens with two attached hydrogens (primary N) is 1. The van der Waals surface area contributed by atoms with Crippen molar-refractivity contribution in [2.45, 2.75) is 38.9 Å². The molecule has 3 N–H and O–H groups in total. The molecule has 0 spiro atoms. The monoisotopic (exact) mass is 333 g/mol. The minimum atomic E-state index is -0.451. The molecule has 1 aliphatic heterocycles. The first-order chi connectivity index (χ1) is 9.15. The van der Waals surface area contributed by atoms with Gasteiger partial charge in [0.05, 0.1) is 6.04 Å². The zero-order chi connectivity index (χ0) is 13.7. The molecule has 4 nitrogen and oxygen atoms in total. The fraction of sp³-hybridized carbons (Fsp3) is 0.533. The van der Waals surface area contributed by atoms with Gasteiger partial charge >= 0.3 is 0 Å². The topological polar surface area (TPSA) is 58.4 Å². The average molecular weight is 334 g/mol. The van der Waals surface area contributed by atoms with Crippen molar-refractivity contribution >= 4 is 30.7 Å². The van der Waals surface area contributed by atoms with Gasteiger partial charge in [-0.25, -0.2) is 0 Å². The Morgan fingerprint density at radius 2 is 1.90 bits per heavy atom. The Balaban J connectivity index is 0.00000200. The van der Waals surface area contributed by atoms with E-state index in [2.05, 4.69) is 28.4 Å². The molecule has 0 bridgehead atoms. The van der Waals surface area contributed by atoms with Crippen LogP contribution in [-0.4, -0.2) is 29.9 Å². The van der Waals surface area contributed by atoms with Crippen molar-refractivity contribution in [3.63, 3.8) is 0 Å². The van der Waals surface area contributed by atoms with E-state index in [1.165, 1.54) is 31.5 Å². The lowest BCUT2D eigenvalue weighted by Crippen LogP contribution is -2.37. The second-order valence-electron chi connectivity index (χ2n) is 5.31. The summed E-state index contributed by atoms with van der Waals surface area (Å²) in [5.41, 5.74) is 7.96. The van der Waals surface area contributed by atoms with Crippen molar-refractivity contribution in [3.05, 3.63) is 35.4 Å². The molecule has 0 radical (unpaired) electrons. The molecule has 0 saturated carbocycles. The first kappa shape index (κ1) is 20.2. The van der Waals surface area contributed by atoms with Crippen LogP contribution in [0.2, 0.25) is 0 Å². The van der Waals surface area contributed by atoms with Gasteiger partial charge in [0.15, 0.2) is 0 Å². The van der Waals surface area contributed by atoms with Crippen LogP contribution in [0.15, 0.2) is 24.3 Å². The molecule has 1 saturated heterocycles. The third-order valence-electron chi connectivity index (χ3n) is 3.48. The predicted octanol–water partition coefficient (Wildman–Crippen LogP) is 2.09. The number of carbonyl (C=O) groups is 1. The van der Waals surface area contributed by atoms with Crippen LogP contribution in [0.5, 0.6) is 0 Å². The quantitative estimate of drug-likeness (QED) is 0.867. The summed E-state index contributed by atoms with van der Waals surface area (Å²) >= 11 is 0. The largest absolute Gasteiger partial charge is 0.351 e. The van der Waals surface area contributed by atoms with E-state index >= 15 is 0 Å². The summed E-state index contributed by atoms with van der Waals surface area (Å²) in [6.45, 7) is 5.65. The molecule has 1 amide bonds.